The van der Waals surface area contributed by atoms with Crippen molar-refractivity contribution in [3.63, 3.8) is 0 Å². The molecule has 0 aliphatic carbocycles. The monoisotopic (exact) mass is 380 g/mol. The number of halogens is 2. The highest BCUT2D eigenvalue weighted by atomic mass is 19.2. The molecule has 0 bridgehead atoms. The van der Waals surface area contributed by atoms with E-state index >= 15 is 0 Å². The van der Waals surface area contributed by atoms with Gasteiger partial charge in [0.25, 0.3) is 0 Å². The molecule has 0 radical (unpaired) electrons. The van der Waals surface area contributed by atoms with Crippen molar-refractivity contribution in [3.05, 3.63) is 77.9 Å². The summed E-state index contributed by atoms with van der Waals surface area (Å²) in [7, 11) is 0. The number of hydrogen-bond donors (Lipinski definition) is 0. The van der Waals surface area contributed by atoms with E-state index in [9.17, 15) is 8.78 Å². The minimum absolute atomic E-state index is 0.236. The third kappa shape index (κ3) is 4.41. The zero-order valence-corrected chi connectivity index (χ0v) is 16.5. The molecule has 3 heteroatoms. The third-order valence-electron chi connectivity index (χ3n) is 4.90. The van der Waals surface area contributed by atoms with Gasteiger partial charge in [0.15, 0.2) is 11.6 Å². The molecule has 0 heterocycles. The molecule has 28 heavy (non-hydrogen) atoms. The van der Waals surface area contributed by atoms with E-state index in [4.69, 9.17) is 4.74 Å². The number of ether oxygens (including phenoxy) is 1. The van der Waals surface area contributed by atoms with Crippen LogP contribution in [0.15, 0.2) is 60.7 Å². The second-order valence-electron chi connectivity index (χ2n) is 6.86. The van der Waals surface area contributed by atoms with Crippen molar-refractivity contribution >= 4 is 0 Å². The van der Waals surface area contributed by atoms with Crippen LogP contribution in [-0.4, -0.2) is 6.61 Å². The summed E-state index contributed by atoms with van der Waals surface area (Å²) in [6.07, 6.45) is 3.31. The fraction of sp³-hybridized carbons (Fsp3) is 0.280. The average Bonchev–Trinajstić information content (AvgIpc) is 2.74. The normalized spacial score (nSPS) is 10.9. The maximum atomic E-state index is 14.9. The zero-order chi connectivity index (χ0) is 19.9. The van der Waals surface area contributed by atoms with Crippen LogP contribution in [0.25, 0.3) is 22.3 Å². The first-order valence-corrected chi connectivity index (χ1v) is 9.95. The molecule has 0 aliphatic heterocycles. The van der Waals surface area contributed by atoms with E-state index in [0.717, 1.165) is 30.4 Å². The SMILES string of the molecule is CCCCCc1c(OCC)cc(-c2ccc(-c3ccccc3)cc2)c(F)c1F. The third-order valence-corrected chi connectivity index (χ3v) is 4.90. The molecule has 0 spiro atoms. The van der Waals surface area contributed by atoms with Crippen molar-refractivity contribution in [1.82, 2.24) is 0 Å². The van der Waals surface area contributed by atoms with Gasteiger partial charge in [-0.3, -0.25) is 0 Å². The minimum Gasteiger partial charge on any atom is -0.493 e. The molecule has 0 N–H and O–H groups in total. The lowest BCUT2D eigenvalue weighted by Gasteiger charge is -2.15. The van der Waals surface area contributed by atoms with Crippen LogP contribution in [0.4, 0.5) is 8.78 Å². The molecule has 3 rings (SSSR count). The molecule has 1 nitrogen and oxygen atoms in total. The summed E-state index contributed by atoms with van der Waals surface area (Å²) in [6.45, 7) is 4.35. The van der Waals surface area contributed by atoms with Crippen molar-refractivity contribution in [2.75, 3.05) is 6.61 Å². The van der Waals surface area contributed by atoms with Gasteiger partial charge in [0.05, 0.1) is 6.61 Å². The number of benzene rings is 3. The van der Waals surface area contributed by atoms with Gasteiger partial charge in [-0.15, -0.1) is 0 Å². The highest BCUT2D eigenvalue weighted by molar-refractivity contribution is 5.72. The van der Waals surface area contributed by atoms with Crippen LogP contribution in [0.5, 0.6) is 5.75 Å². The summed E-state index contributed by atoms with van der Waals surface area (Å²) >= 11 is 0. The highest BCUT2D eigenvalue weighted by Gasteiger charge is 2.20. The fourth-order valence-electron chi connectivity index (χ4n) is 3.39. The molecule has 0 unspecified atom stereocenters. The molecule has 0 amide bonds. The summed E-state index contributed by atoms with van der Waals surface area (Å²) < 4.78 is 35.4. The van der Waals surface area contributed by atoms with E-state index < -0.39 is 11.6 Å². The molecule has 3 aromatic rings. The Balaban J connectivity index is 1.97. The fourth-order valence-corrected chi connectivity index (χ4v) is 3.39. The molecule has 0 saturated heterocycles. The Labute approximate surface area is 166 Å². The van der Waals surface area contributed by atoms with E-state index in [1.54, 1.807) is 6.07 Å². The Morgan fingerprint density at radius 1 is 0.750 bits per heavy atom. The Kier molecular flexibility index (Phi) is 6.80. The first-order chi connectivity index (χ1) is 13.7. The van der Waals surface area contributed by atoms with E-state index in [1.165, 1.54) is 0 Å². The van der Waals surface area contributed by atoms with Gasteiger partial charge < -0.3 is 4.74 Å². The van der Waals surface area contributed by atoms with Crippen molar-refractivity contribution in [2.24, 2.45) is 0 Å². The van der Waals surface area contributed by atoms with Gasteiger partial charge in [-0.1, -0.05) is 74.4 Å². The van der Waals surface area contributed by atoms with Gasteiger partial charge in [0.1, 0.15) is 5.75 Å². The van der Waals surface area contributed by atoms with Crippen LogP contribution in [0.2, 0.25) is 0 Å². The van der Waals surface area contributed by atoms with Gasteiger partial charge >= 0.3 is 0 Å². The van der Waals surface area contributed by atoms with Crippen LogP contribution in [-0.2, 0) is 6.42 Å². The lowest BCUT2D eigenvalue weighted by Crippen LogP contribution is -2.04. The Hall–Kier alpha value is -2.68. The summed E-state index contributed by atoms with van der Waals surface area (Å²) in [5.74, 6) is -1.15. The van der Waals surface area contributed by atoms with Gasteiger partial charge in [-0.2, -0.15) is 0 Å². The maximum absolute atomic E-state index is 14.9. The topological polar surface area (TPSA) is 9.23 Å². The number of rotatable bonds is 8. The quantitative estimate of drug-likeness (QED) is 0.369. The lowest BCUT2D eigenvalue weighted by molar-refractivity contribution is 0.331. The van der Waals surface area contributed by atoms with Gasteiger partial charge in [-0.25, -0.2) is 8.78 Å². The zero-order valence-electron chi connectivity index (χ0n) is 16.5. The summed E-state index contributed by atoms with van der Waals surface area (Å²) in [6, 6.07) is 19.1. The molecule has 146 valence electrons. The van der Waals surface area contributed by atoms with E-state index in [2.05, 4.69) is 6.92 Å². The van der Waals surface area contributed by atoms with Crippen molar-refractivity contribution < 1.29 is 13.5 Å². The van der Waals surface area contributed by atoms with Gasteiger partial charge in [0.2, 0.25) is 0 Å². The number of hydrogen-bond acceptors (Lipinski definition) is 1. The van der Waals surface area contributed by atoms with Gasteiger partial charge in [-0.05, 0) is 42.5 Å². The summed E-state index contributed by atoms with van der Waals surface area (Å²) in [5, 5.41) is 0. The van der Waals surface area contributed by atoms with E-state index in [0.29, 0.717) is 29.9 Å². The molecular formula is C25H26F2O. The molecule has 3 aromatic carbocycles. The van der Waals surface area contributed by atoms with Crippen LogP contribution in [0, 0.1) is 11.6 Å². The number of unbranched alkanes of at least 4 members (excludes halogenated alkanes) is 2. The Bertz CT molecular complexity index is 902. The molecule has 0 fully saturated rings. The second kappa shape index (κ2) is 9.50. The lowest BCUT2D eigenvalue weighted by atomic mass is 9.96. The molecule has 0 saturated carbocycles. The first kappa shape index (κ1) is 20.1. The average molecular weight is 380 g/mol. The van der Waals surface area contributed by atoms with Crippen LogP contribution >= 0.6 is 0 Å². The summed E-state index contributed by atoms with van der Waals surface area (Å²) in [5.41, 5.74) is 3.34. The second-order valence-corrected chi connectivity index (χ2v) is 6.86. The van der Waals surface area contributed by atoms with Crippen LogP contribution < -0.4 is 4.74 Å². The summed E-state index contributed by atoms with van der Waals surface area (Å²) in [4.78, 5) is 0. The minimum atomic E-state index is -0.803. The van der Waals surface area contributed by atoms with Crippen LogP contribution in [0.1, 0.15) is 38.7 Å². The smallest absolute Gasteiger partial charge is 0.167 e. The first-order valence-electron chi connectivity index (χ1n) is 9.95. The standard InChI is InChI=1S/C25H26F2O/c1-3-5-7-12-21-23(28-4-2)17-22(25(27)24(21)26)20-15-13-19(14-16-20)18-10-8-6-9-11-18/h6,8-11,13-17H,3-5,7,12H2,1-2H3. The predicted molar refractivity (Wildman–Crippen MR) is 112 cm³/mol. The molecule has 0 atom stereocenters. The van der Waals surface area contributed by atoms with Crippen LogP contribution in [0.3, 0.4) is 0 Å². The van der Waals surface area contributed by atoms with E-state index in [-0.39, 0.29) is 5.56 Å². The highest BCUT2D eigenvalue weighted by Crippen LogP contribution is 2.35. The molecule has 0 aliphatic rings. The van der Waals surface area contributed by atoms with Crippen molar-refractivity contribution in [3.8, 4) is 28.0 Å². The van der Waals surface area contributed by atoms with E-state index in [1.807, 2.05) is 61.5 Å². The van der Waals surface area contributed by atoms with Gasteiger partial charge in [0, 0.05) is 11.1 Å². The molecule has 0 aromatic heterocycles. The molecular weight excluding hydrogens is 354 g/mol. The Morgan fingerprint density at radius 3 is 2.04 bits per heavy atom. The Morgan fingerprint density at radius 2 is 1.39 bits per heavy atom. The predicted octanol–water partition coefficient (Wildman–Crippen LogP) is 7.43. The van der Waals surface area contributed by atoms with Crippen molar-refractivity contribution in [2.45, 2.75) is 39.5 Å². The largest absolute Gasteiger partial charge is 0.493 e. The van der Waals surface area contributed by atoms with Crippen molar-refractivity contribution in [1.29, 1.82) is 0 Å². The maximum Gasteiger partial charge on any atom is 0.167 e.